The molecule has 2 fully saturated rings. The largest absolute Gasteiger partial charge is 0.483 e. The molecule has 122 valence electrons. The molecule has 0 saturated carbocycles. The summed E-state index contributed by atoms with van der Waals surface area (Å²) in [5.41, 5.74) is -0.435. The van der Waals surface area contributed by atoms with Crippen LogP contribution >= 0.6 is 0 Å². The summed E-state index contributed by atoms with van der Waals surface area (Å²) in [5, 5.41) is 12.8. The predicted octanol–water partition coefficient (Wildman–Crippen LogP) is -0.501. The second kappa shape index (κ2) is 7.74. The topological polar surface area (TPSA) is 122 Å². The van der Waals surface area contributed by atoms with E-state index in [-0.39, 0.29) is 18.2 Å². The quantitative estimate of drug-likeness (QED) is 0.633. The zero-order chi connectivity index (χ0) is 15.9. The summed E-state index contributed by atoms with van der Waals surface area (Å²) >= 11 is 0. The maximum absolute atomic E-state index is 12.1. The maximum Gasteiger partial charge on any atom is 0.341 e. The van der Waals surface area contributed by atoms with Crippen molar-refractivity contribution >= 4 is 12.4 Å². The highest BCUT2D eigenvalue weighted by Crippen LogP contribution is 2.20. The molecule has 0 spiro atoms. The summed E-state index contributed by atoms with van der Waals surface area (Å²) in [7, 11) is 0. The van der Waals surface area contributed by atoms with E-state index in [1.807, 2.05) is 0 Å². The van der Waals surface area contributed by atoms with Crippen molar-refractivity contribution in [1.29, 1.82) is 0 Å². The first kappa shape index (κ1) is 16.2. The van der Waals surface area contributed by atoms with Gasteiger partial charge in [-0.05, 0) is 32.4 Å². The molecular formula is C13H21N5O4. The van der Waals surface area contributed by atoms with E-state index in [1.165, 1.54) is 19.3 Å². The van der Waals surface area contributed by atoms with Gasteiger partial charge in [0.1, 0.15) is 0 Å². The first-order valence-electron chi connectivity index (χ1n) is 7.41. The van der Waals surface area contributed by atoms with Crippen molar-refractivity contribution in [2.24, 2.45) is 0 Å². The number of rotatable bonds is 2. The van der Waals surface area contributed by atoms with Crippen molar-refractivity contribution in [2.45, 2.75) is 31.7 Å². The molecule has 2 aliphatic heterocycles. The third-order valence-electron chi connectivity index (χ3n) is 4.06. The number of aromatic nitrogens is 3. The van der Waals surface area contributed by atoms with E-state index < -0.39 is 5.69 Å². The Morgan fingerprint density at radius 3 is 2.55 bits per heavy atom. The minimum atomic E-state index is -0.435. The maximum atomic E-state index is 12.1. The van der Waals surface area contributed by atoms with Crippen LogP contribution in [0.2, 0.25) is 0 Å². The van der Waals surface area contributed by atoms with E-state index in [0.29, 0.717) is 6.04 Å². The van der Waals surface area contributed by atoms with Crippen LogP contribution in [0.25, 0.3) is 0 Å². The number of likely N-dealkylation sites (tertiary alicyclic amines) is 2. The van der Waals surface area contributed by atoms with Crippen LogP contribution in [0.4, 0.5) is 0 Å². The van der Waals surface area contributed by atoms with Gasteiger partial charge in [0.05, 0.1) is 0 Å². The van der Waals surface area contributed by atoms with Gasteiger partial charge in [0, 0.05) is 19.1 Å². The normalized spacial score (nSPS) is 22.0. The van der Waals surface area contributed by atoms with E-state index in [2.05, 4.69) is 20.1 Å². The fraction of sp³-hybridized carbons (Fsp3) is 0.692. The highest BCUT2D eigenvalue weighted by Gasteiger charge is 2.32. The fourth-order valence-electron chi connectivity index (χ4n) is 3.03. The number of piperidine rings is 1. The molecule has 1 aromatic heterocycles. The second-order valence-electron chi connectivity index (χ2n) is 5.42. The van der Waals surface area contributed by atoms with Crippen LogP contribution in [-0.2, 0) is 4.79 Å². The highest BCUT2D eigenvalue weighted by molar-refractivity contribution is 5.90. The van der Waals surface area contributed by atoms with E-state index in [4.69, 9.17) is 9.90 Å². The van der Waals surface area contributed by atoms with Crippen LogP contribution in [0.15, 0.2) is 4.79 Å². The molecule has 1 unspecified atom stereocenters. The lowest BCUT2D eigenvalue weighted by atomic mass is 10.1. The molecule has 3 N–H and O–H groups in total. The van der Waals surface area contributed by atoms with Crippen LogP contribution in [0.3, 0.4) is 0 Å². The molecule has 2 aliphatic rings. The summed E-state index contributed by atoms with van der Waals surface area (Å²) in [4.78, 5) is 38.2. The Hall–Kier alpha value is -2.16. The molecule has 0 aliphatic carbocycles. The standard InChI is InChI=1S/C12H19N5O2.CH2O2/c18-11(10-13-12(19)15-14-10)17-7-4-9(8-17)16-5-2-1-3-6-16;2-1-3/h9H,1-8H2,(H2,13,14,15,19);1H,(H,2,3). The van der Waals surface area contributed by atoms with Crippen molar-refractivity contribution in [2.75, 3.05) is 26.2 Å². The molecule has 0 aromatic carbocycles. The Morgan fingerprint density at radius 2 is 1.95 bits per heavy atom. The minimum absolute atomic E-state index is 0.115. The minimum Gasteiger partial charge on any atom is -0.483 e. The Bertz CT molecular complexity index is 549. The average Bonchev–Trinajstić information content (AvgIpc) is 3.17. The number of nitrogens with one attached hydrogen (secondary N) is 2. The number of hydrogen-bond acceptors (Lipinski definition) is 5. The summed E-state index contributed by atoms with van der Waals surface area (Å²) in [5.74, 6) is -0.0675. The summed E-state index contributed by atoms with van der Waals surface area (Å²) in [6, 6.07) is 0.468. The van der Waals surface area contributed by atoms with Gasteiger partial charge in [-0.2, -0.15) is 0 Å². The van der Waals surface area contributed by atoms with Crippen LogP contribution < -0.4 is 5.69 Å². The third kappa shape index (κ3) is 3.94. The van der Waals surface area contributed by atoms with Crippen LogP contribution in [0.1, 0.15) is 36.3 Å². The van der Waals surface area contributed by atoms with Crippen LogP contribution in [-0.4, -0.2) is 74.7 Å². The molecule has 1 aromatic rings. The number of amides is 1. The first-order chi connectivity index (χ1) is 10.7. The Morgan fingerprint density at radius 1 is 1.27 bits per heavy atom. The molecule has 2 saturated heterocycles. The second-order valence-corrected chi connectivity index (χ2v) is 5.42. The Balaban J connectivity index is 0.000000545. The third-order valence-corrected chi connectivity index (χ3v) is 4.06. The summed E-state index contributed by atoms with van der Waals surface area (Å²) in [6.45, 7) is 3.53. The monoisotopic (exact) mass is 311 g/mol. The number of carbonyl (C=O) groups is 2. The highest BCUT2D eigenvalue weighted by atomic mass is 16.3. The number of nitrogens with zero attached hydrogens (tertiary/aromatic N) is 3. The number of hydrogen-bond donors (Lipinski definition) is 3. The van der Waals surface area contributed by atoms with Crippen LogP contribution in [0, 0.1) is 0 Å². The van der Waals surface area contributed by atoms with E-state index in [0.717, 1.165) is 32.6 Å². The molecule has 0 radical (unpaired) electrons. The van der Waals surface area contributed by atoms with Crippen molar-refractivity contribution in [1.82, 2.24) is 25.0 Å². The van der Waals surface area contributed by atoms with Gasteiger partial charge in [-0.3, -0.25) is 19.5 Å². The van der Waals surface area contributed by atoms with E-state index >= 15 is 0 Å². The Labute approximate surface area is 127 Å². The SMILES string of the molecule is O=C(c1n[nH]c(=O)[nH]1)N1CCC(N2CCCCC2)C1.O=CO. The van der Waals surface area contributed by atoms with Crippen molar-refractivity contribution in [3.8, 4) is 0 Å². The lowest BCUT2D eigenvalue weighted by molar-refractivity contribution is -0.122. The van der Waals surface area contributed by atoms with E-state index in [1.54, 1.807) is 4.90 Å². The lowest BCUT2D eigenvalue weighted by Crippen LogP contribution is -2.41. The summed E-state index contributed by atoms with van der Waals surface area (Å²) < 4.78 is 0. The predicted molar refractivity (Wildman–Crippen MR) is 77.6 cm³/mol. The van der Waals surface area contributed by atoms with Gasteiger partial charge in [-0.1, -0.05) is 6.42 Å². The number of aromatic amines is 2. The zero-order valence-electron chi connectivity index (χ0n) is 12.3. The molecule has 3 rings (SSSR count). The van der Waals surface area contributed by atoms with Gasteiger partial charge < -0.3 is 10.0 Å². The van der Waals surface area contributed by atoms with Gasteiger partial charge in [0.25, 0.3) is 12.4 Å². The first-order valence-corrected chi connectivity index (χ1v) is 7.41. The zero-order valence-corrected chi connectivity index (χ0v) is 12.3. The van der Waals surface area contributed by atoms with Gasteiger partial charge >= 0.3 is 5.69 Å². The molecule has 0 bridgehead atoms. The summed E-state index contributed by atoms with van der Waals surface area (Å²) in [6.07, 6.45) is 4.86. The average molecular weight is 311 g/mol. The molecular weight excluding hydrogens is 290 g/mol. The smallest absolute Gasteiger partial charge is 0.341 e. The molecule has 22 heavy (non-hydrogen) atoms. The lowest BCUT2D eigenvalue weighted by Gasteiger charge is -2.32. The van der Waals surface area contributed by atoms with Gasteiger partial charge in [0.15, 0.2) is 0 Å². The molecule has 1 atom stereocenters. The molecule has 9 nitrogen and oxygen atoms in total. The van der Waals surface area contributed by atoms with Crippen LogP contribution in [0.5, 0.6) is 0 Å². The molecule has 9 heteroatoms. The van der Waals surface area contributed by atoms with Gasteiger partial charge in [0.2, 0.25) is 5.82 Å². The van der Waals surface area contributed by atoms with Crippen molar-refractivity contribution in [3.05, 3.63) is 16.3 Å². The van der Waals surface area contributed by atoms with Gasteiger partial charge in [-0.15, -0.1) is 5.10 Å². The fourth-order valence-corrected chi connectivity index (χ4v) is 3.03. The molecule has 3 heterocycles. The molecule has 1 amide bonds. The number of carbonyl (C=O) groups excluding carboxylic acids is 1. The van der Waals surface area contributed by atoms with Gasteiger partial charge in [-0.25, -0.2) is 9.89 Å². The number of carboxylic acid groups (broad SMARTS) is 1. The Kier molecular flexibility index (Phi) is 5.70. The van der Waals surface area contributed by atoms with E-state index in [9.17, 15) is 9.59 Å². The van der Waals surface area contributed by atoms with Crippen molar-refractivity contribution in [3.63, 3.8) is 0 Å². The number of H-pyrrole nitrogens is 2. The van der Waals surface area contributed by atoms with Crippen molar-refractivity contribution < 1.29 is 14.7 Å².